The first-order chi connectivity index (χ1) is 6.84. The fraction of sp³-hybridized carbons (Fsp3) is 0.364. The number of halogens is 3. The zero-order valence-corrected chi connectivity index (χ0v) is 9.91. The second-order valence-corrected chi connectivity index (χ2v) is 5.24. The average Bonchev–Trinajstić information content (AvgIpc) is 2.32. The second kappa shape index (κ2) is 3.11. The molecular weight excluding hydrogens is 266 g/mol. The molecule has 0 spiro atoms. The van der Waals surface area contributed by atoms with E-state index in [0.717, 1.165) is 6.07 Å². The number of hydrogen-bond acceptors (Lipinski definition) is 1. The first-order valence-corrected chi connectivity index (χ1v) is 5.35. The molecule has 4 heteroatoms. The Morgan fingerprint density at radius 3 is 2.60 bits per heavy atom. The van der Waals surface area contributed by atoms with E-state index in [-0.39, 0.29) is 27.8 Å². The van der Waals surface area contributed by atoms with Gasteiger partial charge in [-0.2, -0.15) is 0 Å². The van der Waals surface area contributed by atoms with Crippen LogP contribution in [0.5, 0.6) is 0 Å². The third-order valence-electron chi connectivity index (χ3n) is 2.73. The molecule has 1 nitrogen and oxygen atoms in total. The van der Waals surface area contributed by atoms with Crippen LogP contribution in [0.4, 0.5) is 8.78 Å². The lowest BCUT2D eigenvalue weighted by Gasteiger charge is -2.18. The monoisotopic (exact) mass is 274 g/mol. The Hall–Kier alpha value is -0.770. The lowest BCUT2D eigenvalue weighted by Crippen LogP contribution is -2.14. The van der Waals surface area contributed by atoms with Crippen LogP contribution in [0.3, 0.4) is 0 Å². The summed E-state index contributed by atoms with van der Waals surface area (Å²) in [7, 11) is 0. The first kappa shape index (κ1) is 10.7. The minimum absolute atomic E-state index is 0.00444. The number of Topliss-reactive ketones (excluding diaryl/α,β-unsaturated/α-hetero) is 1. The maximum absolute atomic E-state index is 13.7. The number of fused-ring (bicyclic) bond motifs is 1. The number of carbonyl (C=O) groups excluding carboxylic acids is 1. The number of carbonyl (C=O) groups is 1. The molecule has 0 saturated carbocycles. The third kappa shape index (κ3) is 1.42. The van der Waals surface area contributed by atoms with E-state index in [0.29, 0.717) is 0 Å². The molecule has 0 bridgehead atoms. The van der Waals surface area contributed by atoms with Gasteiger partial charge in [-0.05, 0) is 22.0 Å². The van der Waals surface area contributed by atoms with Crippen molar-refractivity contribution in [2.45, 2.75) is 25.7 Å². The number of hydrogen-bond donors (Lipinski definition) is 0. The molecule has 0 radical (unpaired) electrons. The van der Waals surface area contributed by atoms with Gasteiger partial charge in [-0.15, -0.1) is 0 Å². The Balaban J connectivity index is 2.84. The molecule has 2 rings (SSSR count). The van der Waals surface area contributed by atoms with Gasteiger partial charge in [0.25, 0.3) is 0 Å². The summed E-state index contributed by atoms with van der Waals surface area (Å²) in [6, 6.07) is 1.08. The Labute approximate surface area is 94.6 Å². The van der Waals surface area contributed by atoms with Crippen molar-refractivity contribution in [2.24, 2.45) is 0 Å². The molecule has 1 aromatic carbocycles. The molecule has 1 aliphatic carbocycles. The highest BCUT2D eigenvalue weighted by Crippen LogP contribution is 2.42. The van der Waals surface area contributed by atoms with E-state index >= 15 is 0 Å². The van der Waals surface area contributed by atoms with E-state index in [1.807, 2.05) is 0 Å². The van der Waals surface area contributed by atoms with Crippen LogP contribution in [-0.4, -0.2) is 5.78 Å². The smallest absolute Gasteiger partial charge is 0.167 e. The third-order valence-corrected chi connectivity index (χ3v) is 3.31. The van der Waals surface area contributed by atoms with E-state index in [1.54, 1.807) is 13.8 Å². The summed E-state index contributed by atoms with van der Waals surface area (Å²) in [5, 5.41) is 0. The van der Waals surface area contributed by atoms with Crippen LogP contribution >= 0.6 is 15.9 Å². The minimum Gasteiger partial charge on any atom is -0.294 e. The van der Waals surface area contributed by atoms with Gasteiger partial charge in [0.15, 0.2) is 5.78 Å². The molecule has 0 saturated heterocycles. The van der Waals surface area contributed by atoms with E-state index in [2.05, 4.69) is 15.9 Å². The minimum atomic E-state index is -0.651. The summed E-state index contributed by atoms with van der Waals surface area (Å²) in [6.45, 7) is 3.49. The average molecular weight is 275 g/mol. The number of benzene rings is 1. The van der Waals surface area contributed by atoms with E-state index < -0.39 is 17.0 Å². The molecular formula is C11H9BrF2O. The molecule has 0 N–H and O–H groups in total. The predicted molar refractivity (Wildman–Crippen MR) is 56.0 cm³/mol. The lowest BCUT2D eigenvalue weighted by atomic mass is 9.86. The van der Waals surface area contributed by atoms with Crippen molar-refractivity contribution in [1.29, 1.82) is 0 Å². The summed E-state index contributed by atoms with van der Waals surface area (Å²) < 4.78 is 27.3. The molecule has 15 heavy (non-hydrogen) atoms. The molecule has 0 heterocycles. The van der Waals surface area contributed by atoms with Gasteiger partial charge in [0, 0.05) is 17.4 Å². The summed E-state index contributed by atoms with van der Waals surface area (Å²) >= 11 is 2.90. The molecule has 0 fully saturated rings. The molecule has 0 aliphatic heterocycles. The highest BCUT2D eigenvalue weighted by molar-refractivity contribution is 9.10. The van der Waals surface area contributed by atoms with E-state index in [1.165, 1.54) is 0 Å². The zero-order chi connectivity index (χ0) is 11.4. The van der Waals surface area contributed by atoms with Crippen molar-refractivity contribution in [3.05, 3.63) is 33.3 Å². The molecule has 1 aromatic rings. The molecule has 80 valence electrons. The SMILES string of the molecule is CC1(C)CC(=O)c2c(F)c(Br)cc(F)c21. The van der Waals surface area contributed by atoms with Gasteiger partial charge in [-0.1, -0.05) is 13.8 Å². The highest BCUT2D eigenvalue weighted by atomic mass is 79.9. The zero-order valence-electron chi connectivity index (χ0n) is 8.33. The van der Waals surface area contributed by atoms with Crippen LogP contribution in [0.25, 0.3) is 0 Å². The summed E-state index contributed by atoms with van der Waals surface area (Å²) in [5.41, 5.74) is -0.502. The summed E-state index contributed by atoms with van der Waals surface area (Å²) in [6.07, 6.45) is 0.159. The van der Waals surface area contributed by atoms with Crippen LogP contribution in [-0.2, 0) is 5.41 Å². The standard InChI is InChI=1S/C11H9BrF2O/c1-11(2)4-7(15)8-9(11)6(13)3-5(12)10(8)14/h3H,4H2,1-2H3. The largest absolute Gasteiger partial charge is 0.294 e. The van der Waals surface area contributed by atoms with Gasteiger partial charge in [0.05, 0.1) is 10.0 Å². The van der Waals surface area contributed by atoms with Gasteiger partial charge in [-0.3, -0.25) is 4.79 Å². The molecule has 0 aromatic heterocycles. The van der Waals surface area contributed by atoms with Crippen LogP contribution in [0.1, 0.15) is 36.2 Å². The summed E-state index contributed by atoms with van der Waals surface area (Å²) in [5.74, 6) is -1.50. The first-order valence-electron chi connectivity index (χ1n) is 4.56. The van der Waals surface area contributed by atoms with E-state index in [9.17, 15) is 13.6 Å². The van der Waals surface area contributed by atoms with Crippen molar-refractivity contribution in [2.75, 3.05) is 0 Å². The van der Waals surface area contributed by atoms with Crippen LogP contribution < -0.4 is 0 Å². The van der Waals surface area contributed by atoms with Crippen molar-refractivity contribution < 1.29 is 13.6 Å². The fourth-order valence-corrected chi connectivity index (χ4v) is 2.50. The fourth-order valence-electron chi connectivity index (χ4n) is 2.10. The van der Waals surface area contributed by atoms with Crippen LogP contribution in [0.2, 0.25) is 0 Å². The van der Waals surface area contributed by atoms with Crippen molar-refractivity contribution in [1.82, 2.24) is 0 Å². The maximum atomic E-state index is 13.7. The Bertz CT molecular complexity index is 466. The number of ketones is 1. The van der Waals surface area contributed by atoms with Gasteiger partial charge in [0.2, 0.25) is 0 Å². The maximum Gasteiger partial charge on any atom is 0.167 e. The van der Waals surface area contributed by atoms with Crippen molar-refractivity contribution in [3.8, 4) is 0 Å². The highest BCUT2D eigenvalue weighted by Gasteiger charge is 2.41. The predicted octanol–water partition coefficient (Wildman–Crippen LogP) is 3.59. The molecule has 0 atom stereocenters. The Kier molecular flexibility index (Phi) is 2.23. The topological polar surface area (TPSA) is 17.1 Å². The van der Waals surface area contributed by atoms with Crippen LogP contribution in [0.15, 0.2) is 10.5 Å². The quantitative estimate of drug-likeness (QED) is 0.661. The van der Waals surface area contributed by atoms with Gasteiger partial charge >= 0.3 is 0 Å². The van der Waals surface area contributed by atoms with Crippen molar-refractivity contribution in [3.63, 3.8) is 0 Å². The van der Waals surface area contributed by atoms with E-state index in [4.69, 9.17) is 0 Å². The molecule has 0 unspecified atom stereocenters. The van der Waals surface area contributed by atoms with Crippen molar-refractivity contribution >= 4 is 21.7 Å². The van der Waals surface area contributed by atoms with Gasteiger partial charge in [-0.25, -0.2) is 8.78 Å². The number of rotatable bonds is 0. The molecule has 1 aliphatic rings. The van der Waals surface area contributed by atoms with Gasteiger partial charge in [0.1, 0.15) is 11.6 Å². The van der Waals surface area contributed by atoms with Gasteiger partial charge < -0.3 is 0 Å². The van der Waals surface area contributed by atoms with Crippen LogP contribution in [0, 0.1) is 11.6 Å². The normalized spacial score (nSPS) is 18.1. The molecule has 0 amide bonds. The Morgan fingerprint density at radius 1 is 1.40 bits per heavy atom. The second-order valence-electron chi connectivity index (χ2n) is 4.39. The lowest BCUT2D eigenvalue weighted by molar-refractivity contribution is 0.0976. The Morgan fingerprint density at radius 2 is 2.00 bits per heavy atom. The summed E-state index contributed by atoms with van der Waals surface area (Å²) in [4.78, 5) is 11.6.